The molecule has 0 bridgehead atoms. The zero-order valence-corrected chi connectivity index (χ0v) is 14.1. The summed E-state index contributed by atoms with van der Waals surface area (Å²) in [4.78, 5) is 31.1. The van der Waals surface area contributed by atoms with Gasteiger partial charge < -0.3 is 15.1 Å². The SMILES string of the molecule is O=C(CN1CCN(C(=O)C2CCNC2)CC1)N1CCCCCC1. The van der Waals surface area contributed by atoms with Crippen LogP contribution in [0, 0.1) is 5.92 Å². The summed E-state index contributed by atoms with van der Waals surface area (Å²) in [5, 5.41) is 3.26. The molecule has 0 aromatic heterocycles. The van der Waals surface area contributed by atoms with E-state index in [1.54, 1.807) is 0 Å². The molecular weight excluding hydrogens is 292 g/mol. The first-order chi connectivity index (χ1) is 11.2. The Hall–Kier alpha value is -1.14. The van der Waals surface area contributed by atoms with Crippen molar-refractivity contribution in [1.82, 2.24) is 20.0 Å². The average Bonchev–Trinajstić information content (AvgIpc) is 2.97. The van der Waals surface area contributed by atoms with E-state index < -0.39 is 0 Å². The maximum absolute atomic E-state index is 12.4. The van der Waals surface area contributed by atoms with Crippen LogP contribution in [-0.2, 0) is 9.59 Å². The summed E-state index contributed by atoms with van der Waals surface area (Å²) >= 11 is 0. The molecule has 3 saturated heterocycles. The molecule has 3 aliphatic rings. The van der Waals surface area contributed by atoms with Crippen molar-refractivity contribution in [2.45, 2.75) is 32.1 Å². The monoisotopic (exact) mass is 322 g/mol. The molecule has 3 heterocycles. The molecule has 1 atom stereocenters. The summed E-state index contributed by atoms with van der Waals surface area (Å²) in [6, 6.07) is 0. The van der Waals surface area contributed by atoms with Crippen LogP contribution in [0.25, 0.3) is 0 Å². The largest absolute Gasteiger partial charge is 0.342 e. The van der Waals surface area contributed by atoms with Crippen molar-refractivity contribution in [3.63, 3.8) is 0 Å². The number of likely N-dealkylation sites (tertiary alicyclic amines) is 1. The van der Waals surface area contributed by atoms with Crippen molar-refractivity contribution in [2.24, 2.45) is 5.92 Å². The van der Waals surface area contributed by atoms with Crippen molar-refractivity contribution in [3.8, 4) is 0 Å². The summed E-state index contributed by atoms with van der Waals surface area (Å²) < 4.78 is 0. The topological polar surface area (TPSA) is 55.9 Å². The van der Waals surface area contributed by atoms with Crippen LogP contribution in [0.3, 0.4) is 0 Å². The normalized spacial score (nSPS) is 27.0. The highest BCUT2D eigenvalue weighted by molar-refractivity contribution is 5.80. The fraction of sp³-hybridized carbons (Fsp3) is 0.882. The zero-order chi connectivity index (χ0) is 16.1. The number of piperazine rings is 1. The molecule has 0 aromatic carbocycles. The van der Waals surface area contributed by atoms with Crippen LogP contribution in [0.2, 0.25) is 0 Å². The molecule has 1 unspecified atom stereocenters. The number of rotatable bonds is 3. The Morgan fingerprint density at radius 1 is 0.870 bits per heavy atom. The van der Waals surface area contributed by atoms with Crippen LogP contribution in [0.1, 0.15) is 32.1 Å². The Morgan fingerprint density at radius 3 is 2.17 bits per heavy atom. The molecule has 1 N–H and O–H groups in total. The van der Waals surface area contributed by atoms with Crippen molar-refractivity contribution in [3.05, 3.63) is 0 Å². The van der Waals surface area contributed by atoms with Crippen LogP contribution < -0.4 is 5.32 Å². The molecule has 0 aliphatic carbocycles. The van der Waals surface area contributed by atoms with Gasteiger partial charge in [0.05, 0.1) is 12.5 Å². The number of amides is 2. The molecule has 0 radical (unpaired) electrons. The highest BCUT2D eigenvalue weighted by atomic mass is 16.2. The average molecular weight is 322 g/mol. The second-order valence-corrected chi connectivity index (χ2v) is 7.09. The van der Waals surface area contributed by atoms with Crippen LogP contribution in [0.4, 0.5) is 0 Å². The van der Waals surface area contributed by atoms with E-state index in [1.165, 1.54) is 12.8 Å². The summed E-state index contributed by atoms with van der Waals surface area (Å²) in [6.07, 6.45) is 5.75. The number of hydrogen-bond donors (Lipinski definition) is 1. The molecule has 3 aliphatic heterocycles. The molecule has 0 spiro atoms. The zero-order valence-electron chi connectivity index (χ0n) is 14.1. The van der Waals surface area contributed by atoms with Crippen LogP contribution >= 0.6 is 0 Å². The quantitative estimate of drug-likeness (QED) is 0.803. The number of carbonyl (C=O) groups is 2. The van der Waals surface area contributed by atoms with E-state index in [-0.39, 0.29) is 11.8 Å². The molecule has 6 nitrogen and oxygen atoms in total. The second-order valence-electron chi connectivity index (χ2n) is 7.09. The predicted octanol–water partition coefficient (Wildman–Crippen LogP) is 0.143. The van der Waals surface area contributed by atoms with Crippen molar-refractivity contribution < 1.29 is 9.59 Å². The molecule has 23 heavy (non-hydrogen) atoms. The van der Waals surface area contributed by atoms with Crippen molar-refractivity contribution in [1.29, 1.82) is 0 Å². The number of nitrogens with zero attached hydrogens (tertiary/aromatic N) is 3. The lowest BCUT2D eigenvalue weighted by molar-refractivity contribution is -0.137. The van der Waals surface area contributed by atoms with Crippen molar-refractivity contribution in [2.75, 3.05) is 58.9 Å². The van der Waals surface area contributed by atoms with Gasteiger partial charge in [-0.3, -0.25) is 14.5 Å². The fourth-order valence-corrected chi connectivity index (χ4v) is 3.86. The van der Waals surface area contributed by atoms with Gasteiger partial charge in [0, 0.05) is 45.8 Å². The minimum Gasteiger partial charge on any atom is -0.342 e. The van der Waals surface area contributed by atoms with E-state index in [0.29, 0.717) is 12.5 Å². The van der Waals surface area contributed by atoms with E-state index in [1.807, 2.05) is 9.80 Å². The van der Waals surface area contributed by atoms with E-state index >= 15 is 0 Å². The summed E-state index contributed by atoms with van der Waals surface area (Å²) in [5.74, 6) is 0.737. The van der Waals surface area contributed by atoms with Crippen molar-refractivity contribution >= 4 is 11.8 Å². The predicted molar refractivity (Wildman–Crippen MR) is 89.0 cm³/mol. The van der Waals surface area contributed by atoms with Crippen LogP contribution in [0.5, 0.6) is 0 Å². The summed E-state index contributed by atoms with van der Waals surface area (Å²) in [6.45, 7) is 7.33. The number of hydrogen-bond acceptors (Lipinski definition) is 4. The third kappa shape index (κ3) is 4.44. The Morgan fingerprint density at radius 2 is 1.57 bits per heavy atom. The molecule has 0 aromatic rings. The molecule has 6 heteroatoms. The molecule has 3 fully saturated rings. The summed E-state index contributed by atoms with van der Waals surface area (Å²) in [7, 11) is 0. The maximum Gasteiger partial charge on any atom is 0.236 e. The Balaban J connectivity index is 1.41. The first kappa shape index (κ1) is 16.7. The Bertz CT molecular complexity index is 407. The van der Waals surface area contributed by atoms with Crippen LogP contribution in [0.15, 0.2) is 0 Å². The Labute approximate surface area is 139 Å². The maximum atomic E-state index is 12.4. The highest BCUT2D eigenvalue weighted by Gasteiger charge is 2.30. The molecule has 2 amide bonds. The smallest absolute Gasteiger partial charge is 0.236 e. The summed E-state index contributed by atoms with van der Waals surface area (Å²) in [5.41, 5.74) is 0. The first-order valence-corrected chi connectivity index (χ1v) is 9.23. The lowest BCUT2D eigenvalue weighted by Crippen LogP contribution is -2.53. The van der Waals surface area contributed by atoms with Gasteiger partial charge in [-0.25, -0.2) is 0 Å². The lowest BCUT2D eigenvalue weighted by atomic mass is 10.1. The van der Waals surface area contributed by atoms with E-state index in [0.717, 1.165) is 71.6 Å². The number of carbonyl (C=O) groups excluding carboxylic acids is 2. The molecular formula is C17H30N4O2. The van der Waals surface area contributed by atoms with Gasteiger partial charge in [-0.2, -0.15) is 0 Å². The standard InChI is InChI=1S/C17H30N4O2/c22-16(20-7-3-1-2-4-8-20)14-19-9-11-21(12-10-19)17(23)15-5-6-18-13-15/h15,18H,1-14H2. The Kier molecular flexibility index (Phi) is 5.89. The van der Waals surface area contributed by atoms with E-state index in [9.17, 15) is 9.59 Å². The van der Waals surface area contributed by atoms with Gasteiger partial charge in [-0.15, -0.1) is 0 Å². The van der Waals surface area contributed by atoms with Crippen LogP contribution in [-0.4, -0.2) is 85.4 Å². The van der Waals surface area contributed by atoms with Gasteiger partial charge in [0.15, 0.2) is 0 Å². The molecule has 130 valence electrons. The second kappa shape index (κ2) is 8.11. The van der Waals surface area contributed by atoms with Gasteiger partial charge in [0.1, 0.15) is 0 Å². The van der Waals surface area contributed by atoms with Gasteiger partial charge >= 0.3 is 0 Å². The molecule has 3 rings (SSSR count). The van der Waals surface area contributed by atoms with Gasteiger partial charge in [-0.05, 0) is 25.8 Å². The van der Waals surface area contributed by atoms with E-state index in [2.05, 4.69) is 10.2 Å². The minimum atomic E-state index is 0.167. The number of nitrogens with one attached hydrogen (secondary N) is 1. The first-order valence-electron chi connectivity index (χ1n) is 9.23. The third-order valence-electron chi connectivity index (χ3n) is 5.41. The van der Waals surface area contributed by atoms with Gasteiger partial charge in [0.2, 0.25) is 11.8 Å². The van der Waals surface area contributed by atoms with E-state index in [4.69, 9.17) is 0 Å². The van der Waals surface area contributed by atoms with Gasteiger partial charge in [-0.1, -0.05) is 12.8 Å². The highest BCUT2D eigenvalue weighted by Crippen LogP contribution is 2.14. The molecule has 0 saturated carbocycles. The fourth-order valence-electron chi connectivity index (χ4n) is 3.86. The minimum absolute atomic E-state index is 0.167. The third-order valence-corrected chi connectivity index (χ3v) is 5.41. The van der Waals surface area contributed by atoms with Gasteiger partial charge in [0.25, 0.3) is 0 Å². The lowest BCUT2D eigenvalue weighted by Gasteiger charge is -2.36.